The van der Waals surface area contributed by atoms with Gasteiger partial charge in [0.1, 0.15) is 0 Å². The van der Waals surface area contributed by atoms with E-state index in [0.29, 0.717) is 36.6 Å². The number of rotatable bonds is 9. The summed E-state index contributed by atoms with van der Waals surface area (Å²) >= 11 is 0. The van der Waals surface area contributed by atoms with Crippen molar-refractivity contribution in [2.24, 2.45) is 0 Å². The highest BCUT2D eigenvalue weighted by Gasteiger charge is 2.26. The Bertz CT molecular complexity index is 1080. The smallest absolute Gasteiger partial charge is 0.309 e. The zero-order valence-corrected chi connectivity index (χ0v) is 19.6. The molecule has 1 heterocycles. The molecule has 2 aromatic rings. The number of ether oxygens (including phenoxy) is 2. The van der Waals surface area contributed by atoms with E-state index in [1.807, 2.05) is 12.1 Å². The molecule has 0 bridgehead atoms. The molecule has 33 heavy (non-hydrogen) atoms. The van der Waals surface area contributed by atoms with Gasteiger partial charge in [-0.3, -0.25) is 9.59 Å². The first-order valence-electron chi connectivity index (χ1n) is 10.7. The van der Waals surface area contributed by atoms with Crippen molar-refractivity contribution >= 4 is 21.8 Å². The first-order valence-corrected chi connectivity index (χ1v) is 12.1. The Morgan fingerprint density at radius 3 is 2.12 bits per heavy atom. The number of hydrogen-bond acceptors (Lipinski definition) is 6. The van der Waals surface area contributed by atoms with Crippen molar-refractivity contribution in [2.75, 3.05) is 33.9 Å². The zero-order chi connectivity index (χ0) is 23.8. The Hall–Kier alpha value is -3.11. The average molecular weight is 476 g/mol. The number of benzene rings is 2. The van der Waals surface area contributed by atoms with Gasteiger partial charge in [0, 0.05) is 26.2 Å². The molecule has 0 unspecified atom stereocenters. The van der Waals surface area contributed by atoms with E-state index in [2.05, 4.69) is 10.6 Å². The third-order valence-corrected chi connectivity index (χ3v) is 7.35. The van der Waals surface area contributed by atoms with Crippen molar-refractivity contribution in [2.45, 2.75) is 30.7 Å². The van der Waals surface area contributed by atoms with Gasteiger partial charge in [0.15, 0.2) is 11.5 Å². The Morgan fingerprint density at radius 2 is 1.48 bits per heavy atom. The van der Waals surface area contributed by atoms with Crippen LogP contribution < -0.4 is 20.1 Å². The van der Waals surface area contributed by atoms with Crippen LogP contribution in [0.1, 0.15) is 24.0 Å². The Morgan fingerprint density at radius 1 is 0.879 bits per heavy atom. The second-order valence-electron chi connectivity index (χ2n) is 7.63. The predicted octanol–water partition coefficient (Wildman–Crippen LogP) is 1.46. The lowest BCUT2D eigenvalue weighted by Gasteiger charge is -2.15. The molecule has 0 spiro atoms. The normalized spacial score (nSPS) is 14.0. The molecule has 0 aromatic heterocycles. The number of carbonyl (C=O) groups excluding carboxylic acids is 2. The molecular formula is C23H29N3O6S. The maximum atomic E-state index is 12.6. The number of nitrogens with zero attached hydrogens (tertiary/aromatic N) is 1. The topological polar surface area (TPSA) is 114 Å². The number of hydrogen-bond donors (Lipinski definition) is 2. The monoisotopic (exact) mass is 475 g/mol. The maximum absolute atomic E-state index is 12.6. The van der Waals surface area contributed by atoms with Crippen molar-refractivity contribution in [1.29, 1.82) is 0 Å². The minimum atomic E-state index is -3.47. The summed E-state index contributed by atoms with van der Waals surface area (Å²) in [5, 5.41) is 5.13. The SMILES string of the molecule is COc1ccc(CCNC(=O)C(=O)NCc2ccc(S(=O)(=O)N3CCCC3)cc2)cc1OC. The fraction of sp³-hybridized carbons (Fsp3) is 0.391. The molecule has 1 aliphatic heterocycles. The maximum Gasteiger partial charge on any atom is 0.309 e. The molecule has 2 N–H and O–H groups in total. The molecule has 0 aliphatic carbocycles. The summed E-state index contributed by atoms with van der Waals surface area (Å²) in [5.41, 5.74) is 1.62. The molecule has 178 valence electrons. The predicted molar refractivity (Wildman–Crippen MR) is 123 cm³/mol. The molecule has 2 aromatic carbocycles. The van der Waals surface area contributed by atoms with Gasteiger partial charge >= 0.3 is 11.8 Å². The molecule has 1 aliphatic rings. The summed E-state index contributed by atoms with van der Waals surface area (Å²) in [4.78, 5) is 24.4. The molecule has 0 atom stereocenters. The molecule has 3 rings (SSSR count). The minimum absolute atomic E-state index is 0.117. The molecule has 0 saturated carbocycles. The van der Waals surface area contributed by atoms with Crippen LogP contribution in [0.15, 0.2) is 47.4 Å². The second-order valence-corrected chi connectivity index (χ2v) is 9.57. The number of amides is 2. The lowest BCUT2D eigenvalue weighted by Crippen LogP contribution is -2.40. The van der Waals surface area contributed by atoms with E-state index in [9.17, 15) is 18.0 Å². The third kappa shape index (κ3) is 6.23. The molecule has 1 fully saturated rings. The van der Waals surface area contributed by atoms with E-state index in [0.717, 1.165) is 18.4 Å². The Balaban J connectivity index is 1.45. The van der Waals surface area contributed by atoms with Crippen molar-refractivity contribution in [3.05, 3.63) is 53.6 Å². The summed E-state index contributed by atoms with van der Waals surface area (Å²) in [5.74, 6) is -0.274. The van der Waals surface area contributed by atoms with Crippen LogP contribution in [0.25, 0.3) is 0 Å². The van der Waals surface area contributed by atoms with Crippen LogP contribution >= 0.6 is 0 Å². The van der Waals surface area contributed by atoms with Crippen LogP contribution in [-0.2, 0) is 32.6 Å². The molecule has 10 heteroatoms. The van der Waals surface area contributed by atoms with Gasteiger partial charge in [-0.05, 0) is 54.7 Å². The molecule has 0 radical (unpaired) electrons. The number of carbonyl (C=O) groups is 2. The first kappa shape index (κ1) is 24.5. The molecule has 2 amide bonds. The van der Waals surface area contributed by atoms with Crippen molar-refractivity contribution < 1.29 is 27.5 Å². The zero-order valence-electron chi connectivity index (χ0n) is 18.8. The first-order chi connectivity index (χ1) is 15.8. The lowest BCUT2D eigenvalue weighted by molar-refractivity contribution is -0.139. The summed E-state index contributed by atoms with van der Waals surface area (Å²) in [6.45, 7) is 1.49. The van der Waals surface area contributed by atoms with E-state index >= 15 is 0 Å². The quantitative estimate of drug-likeness (QED) is 0.531. The average Bonchev–Trinajstić information content (AvgIpc) is 3.38. The fourth-order valence-electron chi connectivity index (χ4n) is 3.56. The van der Waals surface area contributed by atoms with E-state index in [1.54, 1.807) is 32.4 Å². The van der Waals surface area contributed by atoms with E-state index in [1.165, 1.54) is 16.4 Å². The standard InChI is InChI=1S/C23H29N3O6S/c1-31-20-10-7-17(15-21(20)32-2)11-12-24-22(27)23(28)25-16-18-5-8-19(9-6-18)33(29,30)26-13-3-4-14-26/h5-10,15H,3-4,11-14,16H2,1-2H3,(H,24,27)(H,25,28). The summed E-state index contributed by atoms with van der Waals surface area (Å²) in [7, 11) is -0.369. The summed E-state index contributed by atoms with van der Waals surface area (Å²) in [6, 6.07) is 11.8. The van der Waals surface area contributed by atoms with Gasteiger partial charge in [0.2, 0.25) is 10.0 Å². The van der Waals surface area contributed by atoms with Gasteiger partial charge < -0.3 is 20.1 Å². The molecule has 1 saturated heterocycles. The van der Waals surface area contributed by atoms with Crippen molar-refractivity contribution in [3.8, 4) is 11.5 Å². The summed E-state index contributed by atoms with van der Waals surface area (Å²) in [6.07, 6.45) is 2.27. The second kappa shape index (κ2) is 11.2. The minimum Gasteiger partial charge on any atom is -0.493 e. The van der Waals surface area contributed by atoms with Crippen LogP contribution in [0.2, 0.25) is 0 Å². The highest BCUT2D eigenvalue weighted by Crippen LogP contribution is 2.27. The number of methoxy groups -OCH3 is 2. The Kier molecular flexibility index (Phi) is 8.29. The number of sulfonamides is 1. The highest BCUT2D eigenvalue weighted by molar-refractivity contribution is 7.89. The van der Waals surface area contributed by atoms with E-state index < -0.39 is 21.8 Å². The van der Waals surface area contributed by atoms with Crippen LogP contribution in [-0.4, -0.2) is 58.4 Å². The van der Waals surface area contributed by atoms with Gasteiger partial charge in [-0.25, -0.2) is 8.42 Å². The van der Waals surface area contributed by atoms with E-state index in [4.69, 9.17) is 9.47 Å². The van der Waals surface area contributed by atoms with Crippen LogP contribution in [0.4, 0.5) is 0 Å². The van der Waals surface area contributed by atoms with Crippen LogP contribution in [0.3, 0.4) is 0 Å². The fourth-order valence-corrected chi connectivity index (χ4v) is 5.07. The van der Waals surface area contributed by atoms with Crippen molar-refractivity contribution in [3.63, 3.8) is 0 Å². The highest BCUT2D eigenvalue weighted by atomic mass is 32.2. The van der Waals surface area contributed by atoms with Crippen LogP contribution in [0, 0.1) is 0 Å². The van der Waals surface area contributed by atoms with Gasteiger partial charge in [0.05, 0.1) is 19.1 Å². The summed E-state index contributed by atoms with van der Waals surface area (Å²) < 4.78 is 37.1. The van der Waals surface area contributed by atoms with E-state index in [-0.39, 0.29) is 18.0 Å². The molecule has 9 nitrogen and oxygen atoms in total. The number of nitrogens with one attached hydrogen (secondary N) is 2. The van der Waals surface area contributed by atoms with Crippen molar-refractivity contribution in [1.82, 2.24) is 14.9 Å². The van der Waals surface area contributed by atoms with Gasteiger partial charge in [-0.1, -0.05) is 18.2 Å². The largest absolute Gasteiger partial charge is 0.493 e. The third-order valence-electron chi connectivity index (χ3n) is 5.43. The van der Waals surface area contributed by atoms with Gasteiger partial charge in [0.25, 0.3) is 0 Å². The Labute approximate surface area is 194 Å². The lowest BCUT2D eigenvalue weighted by atomic mass is 10.1. The molecular weight excluding hydrogens is 446 g/mol. The van der Waals surface area contributed by atoms with Gasteiger partial charge in [-0.15, -0.1) is 0 Å². The van der Waals surface area contributed by atoms with Gasteiger partial charge in [-0.2, -0.15) is 4.31 Å². The van der Waals surface area contributed by atoms with Crippen LogP contribution in [0.5, 0.6) is 11.5 Å².